The minimum Gasteiger partial charge on any atom is -0.334 e. The molecule has 2 aromatic heterocycles. The van der Waals surface area contributed by atoms with Crippen LogP contribution < -0.4 is 10.6 Å². The molecule has 0 aliphatic heterocycles. The Morgan fingerprint density at radius 3 is 2.78 bits per heavy atom. The first kappa shape index (κ1) is 18.3. The van der Waals surface area contributed by atoms with Crippen LogP contribution in [0.1, 0.15) is 28.8 Å². The molecule has 0 saturated carbocycles. The van der Waals surface area contributed by atoms with Crippen LogP contribution in [-0.4, -0.2) is 10.6 Å². The molecule has 2 amide bonds. The predicted molar refractivity (Wildman–Crippen MR) is 110 cm³/mol. The number of benzene rings is 1. The van der Waals surface area contributed by atoms with Gasteiger partial charge in [0.25, 0.3) is 0 Å². The standard InChI is InChI=1S/C20H19BrFN3OS/c21-13-7-8-17(16(22)11-13)24-20(26)23-12-15-14-5-1-2-6-18(14)27-19(15)25-9-3-4-10-25/h3-4,7-11H,1-2,5-6,12H2,(H2,23,24,26). The number of fused-ring (bicyclic) bond motifs is 1. The topological polar surface area (TPSA) is 46.1 Å². The number of halogens is 2. The number of thiophene rings is 1. The van der Waals surface area contributed by atoms with Gasteiger partial charge < -0.3 is 15.2 Å². The van der Waals surface area contributed by atoms with E-state index in [1.165, 1.54) is 35.4 Å². The van der Waals surface area contributed by atoms with E-state index in [1.807, 2.05) is 24.5 Å². The molecule has 0 atom stereocenters. The van der Waals surface area contributed by atoms with Gasteiger partial charge in [-0.15, -0.1) is 11.3 Å². The Hall–Kier alpha value is -2.12. The summed E-state index contributed by atoms with van der Waals surface area (Å²) in [6.45, 7) is 0.420. The molecule has 0 unspecified atom stereocenters. The van der Waals surface area contributed by atoms with Gasteiger partial charge >= 0.3 is 6.03 Å². The molecule has 0 bridgehead atoms. The molecule has 4 nitrogen and oxygen atoms in total. The third kappa shape index (κ3) is 3.94. The van der Waals surface area contributed by atoms with Crippen LogP contribution in [-0.2, 0) is 19.4 Å². The van der Waals surface area contributed by atoms with Crippen molar-refractivity contribution in [3.63, 3.8) is 0 Å². The van der Waals surface area contributed by atoms with E-state index < -0.39 is 11.8 Å². The zero-order valence-electron chi connectivity index (χ0n) is 14.6. The van der Waals surface area contributed by atoms with Crippen LogP contribution in [0.5, 0.6) is 0 Å². The average molecular weight is 448 g/mol. The largest absolute Gasteiger partial charge is 0.334 e. The molecule has 0 saturated heterocycles. The van der Waals surface area contributed by atoms with E-state index in [2.05, 4.69) is 31.1 Å². The number of anilines is 1. The quantitative estimate of drug-likeness (QED) is 0.533. The van der Waals surface area contributed by atoms with Gasteiger partial charge in [0.1, 0.15) is 10.8 Å². The first-order valence-corrected chi connectivity index (χ1v) is 10.5. The van der Waals surface area contributed by atoms with Crippen molar-refractivity contribution >= 4 is 39.0 Å². The second-order valence-corrected chi connectivity index (χ2v) is 8.52. The van der Waals surface area contributed by atoms with Crippen molar-refractivity contribution in [3.05, 3.63) is 69.0 Å². The van der Waals surface area contributed by atoms with Crippen LogP contribution in [0.3, 0.4) is 0 Å². The van der Waals surface area contributed by atoms with Crippen LogP contribution in [0, 0.1) is 5.82 Å². The van der Waals surface area contributed by atoms with E-state index in [0.29, 0.717) is 11.0 Å². The maximum Gasteiger partial charge on any atom is 0.319 e. The fraction of sp³-hybridized carbons (Fsp3) is 0.250. The second-order valence-electron chi connectivity index (χ2n) is 6.52. The molecular weight excluding hydrogens is 429 g/mol. The number of rotatable bonds is 4. The summed E-state index contributed by atoms with van der Waals surface area (Å²) in [5, 5.41) is 6.63. The lowest BCUT2D eigenvalue weighted by Crippen LogP contribution is -2.29. The molecule has 7 heteroatoms. The van der Waals surface area contributed by atoms with Crippen LogP contribution in [0.25, 0.3) is 5.00 Å². The molecule has 140 valence electrons. The third-order valence-corrected chi connectivity index (χ3v) is 6.54. The van der Waals surface area contributed by atoms with Crippen molar-refractivity contribution in [1.29, 1.82) is 0 Å². The van der Waals surface area contributed by atoms with Crippen LogP contribution in [0.4, 0.5) is 14.9 Å². The van der Waals surface area contributed by atoms with Crippen molar-refractivity contribution in [3.8, 4) is 5.00 Å². The summed E-state index contributed by atoms with van der Waals surface area (Å²) in [5.41, 5.74) is 2.69. The third-order valence-electron chi connectivity index (χ3n) is 4.70. The number of nitrogens with zero attached hydrogens (tertiary/aromatic N) is 1. The second kappa shape index (κ2) is 7.86. The number of aromatic nitrogens is 1. The van der Waals surface area contributed by atoms with Gasteiger partial charge in [0.15, 0.2) is 0 Å². The van der Waals surface area contributed by atoms with Gasteiger partial charge in [0.2, 0.25) is 0 Å². The van der Waals surface area contributed by atoms with Gasteiger partial charge in [-0.2, -0.15) is 0 Å². The van der Waals surface area contributed by atoms with E-state index in [4.69, 9.17) is 0 Å². The Labute approximate surface area is 169 Å². The number of carbonyl (C=O) groups excluding carboxylic acids is 1. The number of hydrogen-bond acceptors (Lipinski definition) is 2. The van der Waals surface area contributed by atoms with Gasteiger partial charge in [0, 0.05) is 33.9 Å². The van der Waals surface area contributed by atoms with Crippen molar-refractivity contribution < 1.29 is 9.18 Å². The Morgan fingerprint density at radius 2 is 2.00 bits per heavy atom. The van der Waals surface area contributed by atoms with E-state index in [9.17, 15) is 9.18 Å². The van der Waals surface area contributed by atoms with Gasteiger partial charge in [-0.1, -0.05) is 15.9 Å². The fourth-order valence-corrected chi connectivity index (χ4v) is 5.11. The molecule has 2 heterocycles. The molecule has 3 aromatic rings. The zero-order chi connectivity index (χ0) is 18.8. The molecule has 0 fully saturated rings. The van der Waals surface area contributed by atoms with Gasteiger partial charge in [-0.3, -0.25) is 0 Å². The Morgan fingerprint density at radius 1 is 1.22 bits per heavy atom. The van der Waals surface area contributed by atoms with Crippen molar-refractivity contribution in [2.24, 2.45) is 0 Å². The molecule has 0 spiro atoms. The Kier molecular flexibility index (Phi) is 5.31. The highest BCUT2D eigenvalue weighted by atomic mass is 79.9. The van der Waals surface area contributed by atoms with Gasteiger partial charge in [0.05, 0.1) is 5.69 Å². The predicted octanol–water partition coefficient (Wildman–Crippen LogP) is 5.64. The highest BCUT2D eigenvalue weighted by Crippen LogP contribution is 2.36. The van der Waals surface area contributed by atoms with Crippen LogP contribution in [0.2, 0.25) is 0 Å². The maximum atomic E-state index is 13.9. The first-order valence-electron chi connectivity index (χ1n) is 8.88. The molecule has 1 aromatic carbocycles. The van der Waals surface area contributed by atoms with E-state index >= 15 is 0 Å². The van der Waals surface area contributed by atoms with Crippen molar-refractivity contribution in [2.75, 3.05) is 5.32 Å². The molecule has 1 aliphatic carbocycles. The minimum absolute atomic E-state index is 0.161. The maximum absolute atomic E-state index is 13.9. The first-order chi connectivity index (χ1) is 13.1. The number of aryl methyl sites for hydroxylation is 1. The fourth-order valence-electron chi connectivity index (χ4n) is 3.40. The number of amides is 2. The van der Waals surface area contributed by atoms with E-state index in [1.54, 1.807) is 17.4 Å². The van der Waals surface area contributed by atoms with Crippen LogP contribution >= 0.6 is 27.3 Å². The van der Waals surface area contributed by atoms with Crippen molar-refractivity contribution in [2.45, 2.75) is 32.2 Å². The molecular formula is C20H19BrFN3OS. The average Bonchev–Trinajstić information content (AvgIpc) is 3.30. The lowest BCUT2D eigenvalue weighted by Gasteiger charge is -2.14. The number of carbonyl (C=O) groups is 1. The molecule has 2 N–H and O–H groups in total. The Bertz CT molecular complexity index is 968. The summed E-state index contributed by atoms with van der Waals surface area (Å²) in [7, 11) is 0. The minimum atomic E-state index is -0.472. The van der Waals surface area contributed by atoms with E-state index in [0.717, 1.165) is 23.4 Å². The van der Waals surface area contributed by atoms with Crippen LogP contribution in [0.15, 0.2) is 47.2 Å². The highest BCUT2D eigenvalue weighted by molar-refractivity contribution is 9.10. The summed E-state index contributed by atoms with van der Waals surface area (Å²) in [6, 6.07) is 8.15. The number of nitrogens with one attached hydrogen (secondary N) is 2. The lowest BCUT2D eigenvalue weighted by atomic mass is 9.95. The summed E-state index contributed by atoms with van der Waals surface area (Å²) >= 11 is 5.02. The molecule has 4 rings (SSSR count). The highest BCUT2D eigenvalue weighted by Gasteiger charge is 2.21. The summed E-state index contributed by atoms with van der Waals surface area (Å²) in [4.78, 5) is 13.7. The smallest absolute Gasteiger partial charge is 0.319 e. The summed E-state index contributed by atoms with van der Waals surface area (Å²) in [5.74, 6) is -0.472. The Balaban J connectivity index is 1.52. The van der Waals surface area contributed by atoms with E-state index in [-0.39, 0.29) is 5.69 Å². The molecule has 27 heavy (non-hydrogen) atoms. The summed E-state index contributed by atoms with van der Waals surface area (Å²) in [6.07, 6.45) is 8.60. The zero-order valence-corrected chi connectivity index (χ0v) is 17.0. The molecule has 1 aliphatic rings. The SMILES string of the molecule is O=C(NCc1c(-n2cccc2)sc2c1CCCC2)Nc1ccc(Br)cc1F. The number of urea groups is 1. The lowest BCUT2D eigenvalue weighted by molar-refractivity contribution is 0.251. The normalized spacial score (nSPS) is 13.3. The van der Waals surface area contributed by atoms with Gasteiger partial charge in [-0.05, 0) is 61.6 Å². The van der Waals surface area contributed by atoms with Gasteiger partial charge in [-0.25, -0.2) is 9.18 Å². The number of hydrogen-bond donors (Lipinski definition) is 2. The monoisotopic (exact) mass is 447 g/mol. The van der Waals surface area contributed by atoms with Crippen molar-refractivity contribution in [1.82, 2.24) is 9.88 Å². The summed E-state index contributed by atoms with van der Waals surface area (Å²) < 4.78 is 16.7. The molecule has 0 radical (unpaired) electrons.